The molecule has 0 radical (unpaired) electrons. The van der Waals surface area contributed by atoms with Crippen LogP contribution in [0.15, 0.2) is 48.5 Å². The van der Waals surface area contributed by atoms with Gasteiger partial charge in [-0.25, -0.2) is 0 Å². The first-order valence-electron chi connectivity index (χ1n) is 9.20. The van der Waals surface area contributed by atoms with Gasteiger partial charge in [0.15, 0.2) is 0 Å². The van der Waals surface area contributed by atoms with Gasteiger partial charge in [0.25, 0.3) is 5.91 Å². The fourth-order valence-corrected chi connectivity index (χ4v) is 3.65. The van der Waals surface area contributed by atoms with Gasteiger partial charge in [0.1, 0.15) is 5.75 Å². The lowest BCUT2D eigenvalue weighted by molar-refractivity contribution is 0.0690. The van der Waals surface area contributed by atoms with Gasteiger partial charge in [-0.2, -0.15) is 0 Å². The van der Waals surface area contributed by atoms with Gasteiger partial charge in [-0.15, -0.1) is 0 Å². The summed E-state index contributed by atoms with van der Waals surface area (Å²) < 4.78 is 10.6. The molecule has 4 heteroatoms. The fraction of sp³-hybridized carbons (Fsp3) is 0.409. The van der Waals surface area contributed by atoms with Crippen LogP contribution in [-0.4, -0.2) is 38.1 Å². The van der Waals surface area contributed by atoms with Crippen LogP contribution in [0.5, 0.6) is 5.75 Å². The highest BCUT2D eigenvalue weighted by Gasteiger charge is 2.24. The maximum absolute atomic E-state index is 12.9. The zero-order valence-electron chi connectivity index (χ0n) is 15.6. The second-order valence-corrected chi connectivity index (χ2v) is 6.88. The molecule has 1 heterocycles. The molecule has 2 aromatic carbocycles. The highest BCUT2D eigenvalue weighted by molar-refractivity contribution is 5.94. The number of carbonyl (C=O) groups excluding carboxylic acids is 1. The van der Waals surface area contributed by atoms with Gasteiger partial charge in [-0.05, 0) is 48.9 Å². The molecule has 1 aliphatic rings. The van der Waals surface area contributed by atoms with Crippen molar-refractivity contribution < 1.29 is 14.3 Å². The zero-order valence-corrected chi connectivity index (χ0v) is 15.6. The van der Waals surface area contributed by atoms with Crippen molar-refractivity contribution in [3.63, 3.8) is 0 Å². The number of ether oxygens (including phenoxy) is 2. The molecule has 0 bridgehead atoms. The van der Waals surface area contributed by atoms with E-state index in [-0.39, 0.29) is 5.91 Å². The molecular weight excluding hydrogens is 326 g/mol. The third kappa shape index (κ3) is 4.44. The average Bonchev–Trinajstić information content (AvgIpc) is 2.69. The van der Waals surface area contributed by atoms with Gasteiger partial charge in [-0.3, -0.25) is 4.79 Å². The quantitative estimate of drug-likeness (QED) is 0.790. The van der Waals surface area contributed by atoms with Gasteiger partial charge in [0.2, 0.25) is 0 Å². The van der Waals surface area contributed by atoms with Crippen LogP contribution < -0.4 is 4.74 Å². The van der Waals surface area contributed by atoms with Crippen molar-refractivity contribution in [2.24, 2.45) is 5.92 Å². The minimum absolute atomic E-state index is 0.100. The van der Waals surface area contributed by atoms with Crippen LogP contribution in [0, 0.1) is 5.92 Å². The van der Waals surface area contributed by atoms with E-state index in [2.05, 4.69) is 30.3 Å². The molecule has 0 spiro atoms. The molecule has 2 aromatic rings. The van der Waals surface area contributed by atoms with E-state index in [0.717, 1.165) is 43.7 Å². The number of methoxy groups -OCH3 is 2. The minimum atomic E-state index is 0.100. The van der Waals surface area contributed by atoms with Crippen molar-refractivity contribution in [2.75, 3.05) is 27.3 Å². The summed E-state index contributed by atoms with van der Waals surface area (Å²) in [6.07, 6.45) is 3.22. The number of rotatable bonds is 6. The fourth-order valence-electron chi connectivity index (χ4n) is 3.65. The van der Waals surface area contributed by atoms with E-state index in [4.69, 9.17) is 9.47 Å². The molecule has 0 unspecified atom stereocenters. The second kappa shape index (κ2) is 8.86. The average molecular weight is 353 g/mol. The Bertz CT molecular complexity index is 721. The Morgan fingerprint density at radius 1 is 1.08 bits per heavy atom. The molecule has 1 aliphatic heterocycles. The predicted molar refractivity (Wildman–Crippen MR) is 102 cm³/mol. The highest BCUT2D eigenvalue weighted by atomic mass is 16.5. The Morgan fingerprint density at radius 3 is 2.46 bits per heavy atom. The smallest absolute Gasteiger partial charge is 0.253 e. The van der Waals surface area contributed by atoms with Crippen molar-refractivity contribution in [3.8, 4) is 5.75 Å². The first kappa shape index (κ1) is 18.5. The van der Waals surface area contributed by atoms with E-state index >= 15 is 0 Å². The zero-order chi connectivity index (χ0) is 18.4. The van der Waals surface area contributed by atoms with Gasteiger partial charge in [0, 0.05) is 31.3 Å². The lowest BCUT2D eigenvalue weighted by Gasteiger charge is -2.32. The molecule has 0 saturated carbocycles. The number of hydrogen-bond donors (Lipinski definition) is 0. The Labute approximate surface area is 155 Å². The van der Waals surface area contributed by atoms with Crippen LogP contribution in [0.25, 0.3) is 0 Å². The van der Waals surface area contributed by atoms with Crippen molar-refractivity contribution in [2.45, 2.75) is 25.9 Å². The number of hydrogen-bond acceptors (Lipinski definition) is 3. The lowest BCUT2D eigenvalue weighted by atomic mass is 9.90. The molecule has 0 aliphatic carbocycles. The summed E-state index contributed by atoms with van der Waals surface area (Å²) in [5, 5.41) is 0. The molecule has 0 atom stereocenters. The standard InChI is InChI=1S/C22H27NO3/c1-25-16-20-15-19(8-9-21(20)26-2)22(24)23-12-10-18(11-13-23)14-17-6-4-3-5-7-17/h3-9,15,18H,10-14,16H2,1-2H3. The Hall–Kier alpha value is -2.33. The summed E-state index contributed by atoms with van der Waals surface area (Å²) in [6, 6.07) is 16.2. The Balaban J connectivity index is 1.60. The lowest BCUT2D eigenvalue weighted by Crippen LogP contribution is -2.39. The van der Waals surface area contributed by atoms with E-state index in [1.54, 1.807) is 14.2 Å². The number of likely N-dealkylation sites (tertiary alicyclic amines) is 1. The molecule has 1 saturated heterocycles. The van der Waals surface area contributed by atoms with Gasteiger partial charge >= 0.3 is 0 Å². The van der Waals surface area contributed by atoms with E-state index in [1.165, 1.54) is 5.56 Å². The summed E-state index contributed by atoms with van der Waals surface area (Å²) in [4.78, 5) is 14.8. The van der Waals surface area contributed by atoms with E-state index < -0.39 is 0 Å². The summed E-state index contributed by atoms with van der Waals surface area (Å²) >= 11 is 0. The topological polar surface area (TPSA) is 38.8 Å². The highest BCUT2D eigenvalue weighted by Crippen LogP contribution is 2.25. The molecule has 1 amide bonds. The maximum atomic E-state index is 12.9. The minimum Gasteiger partial charge on any atom is -0.496 e. The van der Waals surface area contributed by atoms with E-state index in [1.807, 2.05) is 23.1 Å². The van der Waals surface area contributed by atoms with E-state index in [0.29, 0.717) is 18.1 Å². The monoisotopic (exact) mass is 353 g/mol. The first-order chi connectivity index (χ1) is 12.7. The number of carbonyl (C=O) groups is 1. The molecule has 1 fully saturated rings. The van der Waals surface area contributed by atoms with Crippen LogP contribution in [0.3, 0.4) is 0 Å². The van der Waals surface area contributed by atoms with Crippen LogP contribution >= 0.6 is 0 Å². The van der Waals surface area contributed by atoms with Crippen LogP contribution in [0.2, 0.25) is 0 Å². The molecular formula is C22H27NO3. The van der Waals surface area contributed by atoms with Crippen LogP contribution in [0.4, 0.5) is 0 Å². The summed E-state index contributed by atoms with van der Waals surface area (Å²) in [5.74, 6) is 1.51. The van der Waals surface area contributed by atoms with Gasteiger partial charge in [0.05, 0.1) is 13.7 Å². The number of benzene rings is 2. The summed E-state index contributed by atoms with van der Waals surface area (Å²) in [7, 11) is 3.28. The molecule has 0 aromatic heterocycles. The maximum Gasteiger partial charge on any atom is 0.253 e. The predicted octanol–water partition coefficient (Wildman–Crippen LogP) is 3.94. The molecule has 0 N–H and O–H groups in total. The van der Waals surface area contributed by atoms with Gasteiger partial charge < -0.3 is 14.4 Å². The molecule has 138 valence electrons. The first-order valence-corrected chi connectivity index (χ1v) is 9.20. The normalized spacial score (nSPS) is 15.1. The van der Waals surface area contributed by atoms with Crippen molar-refractivity contribution >= 4 is 5.91 Å². The summed E-state index contributed by atoms with van der Waals surface area (Å²) in [5.41, 5.74) is 3.00. The number of amides is 1. The Morgan fingerprint density at radius 2 is 1.81 bits per heavy atom. The second-order valence-electron chi connectivity index (χ2n) is 6.88. The Kier molecular flexibility index (Phi) is 6.29. The summed E-state index contributed by atoms with van der Waals surface area (Å²) in [6.45, 7) is 2.08. The van der Waals surface area contributed by atoms with Crippen LogP contribution in [-0.2, 0) is 17.8 Å². The number of nitrogens with zero attached hydrogens (tertiary/aromatic N) is 1. The third-order valence-corrected chi connectivity index (χ3v) is 5.10. The van der Waals surface area contributed by atoms with Crippen molar-refractivity contribution in [1.82, 2.24) is 4.90 Å². The molecule has 4 nitrogen and oxygen atoms in total. The van der Waals surface area contributed by atoms with Crippen molar-refractivity contribution in [3.05, 3.63) is 65.2 Å². The third-order valence-electron chi connectivity index (χ3n) is 5.10. The number of piperidine rings is 1. The largest absolute Gasteiger partial charge is 0.496 e. The molecule has 26 heavy (non-hydrogen) atoms. The van der Waals surface area contributed by atoms with Crippen molar-refractivity contribution in [1.29, 1.82) is 0 Å². The van der Waals surface area contributed by atoms with E-state index in [9.17, 15) is 4.79 Å². The van der Waals surface area contributed by atoms with Crippen LogP contribution in [0.1, 0.15) is 34.3 Å². The SMILES string of the molecule is COCc1cc(C(=O)N2CCC(Cc3ccccc3)CC2)ccc1OC. The molecule has 3 rings (SSSR count). The van der Waals surface area contributed by atoms with Gasteiger partial charge in [-0.1, -0.05) is 30.3 Å².